The first kappa shape index (κ1) is 18.7. The molecule has 0 unspecified atom stereocenters. The fourth-order valence-corrected chi connectivity index (χ4v) is 3.39. The molecular weight excluding hydrogens is 342 g/mol. The summed E-state index contributed by atoms with van der Waals surface area (Å²) in [6.07, 6.45) is 4.12. The number of aromatic nitrogens is 1. The Morgan fingerprint density at radius 3 is 2.73 bits per heavy atom. The normalized spacial score (nSPS) is 12.5. The Morgan fingerprint density at radius 2 is 1.92 bits per heavy atom. The summed E-state index contributed by atoms with van der Waals surface area (Å²) in [6, 6.07) is 18.9. The van der Waals surface area contributed by atoms with E-state index < -0.39 is 0 Å². The van der Waals surface area contributed by atoms with Crippen LogP contribution in [0.1, 0.15) is 25.3 Å². The molecule has 0 bridgehead atoms. The average Bonchev–Trinajstić information content (AvgIpc) is 2.62. The predicted octanol–water partition coefficient (Wildman–Crippen LogP) is 5.60. The van der Waals surface area contributed by atoms with Crippen molar-refractivity contribution in [1.82, 2.24) is 9.88 Å². The van der Waals surface area contributed by atoms with Crippen molar-refractivity contribution in [2.45, 2.75) is 32.4 Å². The summed E-state index contributed by atoms with van der Waals surface area (Å²) in [5.41, 5.74) is 3.41. The minimum absolute atomic E-state index is 0.404. The zero-order valence-corrected chi connectivity index (χ0v) is 16.2. The van der Waals surface area contributed by atoms with E-state index in [0.29, 0.717) is 6.04 Å². The molecule has 0 amide bonds. The Bertz CT molecular complexity index is 835. The van der Waals surface area contributed by atoms with E-state index in [1.165, 1.54) is 5.56 Å². The van der Waals surface area contributed by atoms with Crippen molar-refractivity contribution in [3.8, 4) is 0 Å². The number of halogens is 1. The van der Waals surface area contributed by atoms with Gasteiger partial charge < -0.3 is 10.2 Å². The Kier molecular flexibility index (Phi) is 6.48. The van der Waals surface area contributed by atoms with Gasteiger partial charge >= 0.3 is 0 Å². The number of nitrogens with one attached hydrogen (secondary N) is 1. The SMILES string of the molecule is C[C@@H](CCCN(C)Cc1ccccc1)Nc1ccnc2cc(Cl)ccc12. The maximum Gasteiger partial charge on any atom is 0.0737 e. The van der Waals surface area contributed by atoms with Gasteiger partial charge in [0.2, 0.25) is 0 Å². The lowest BCUT2D eigenvalue weighted by atomic mass is 10.1. The second-order valence-electron chi connectivity index (χ2n) is 6.93. The molecule has 2 aromatic carbocycles. The summed E-state index contributed by atoms with van der Waals surface area (Å²) in [6.45, 7) is 4.32. The monoisotopic (exact) mass is 367 g/mol. The number of rotatable bonds is 8. The quantitative estimate of drug-likeness (QED) is 0.561. The predicted molar refractivity (Wildman–Crippen MR) is 112 cm³/mol. The molecule has 0 fully saturated rings. The molecule has 0 radical (unpaired) electrons. The molecule has 3 aromatic rings. The first-order valence-electron chi connectivity index (χ1n) is 9.15. The molecule has 0 spiro atoms. The van der Waals surface area contributed by atoms with Crippen molar-refractivity contribution < 1.29 is 0 Å². The van der Waals surface area contributed by atoms with Crippen LogP contribution in [0.25, 0.3) is 10.9 Å². The highest BCUT2D eigenvalue weighted by atomic mass is 35.5. The molecular formula is C22H26ClN3. The van der Waals surface area contributed by atoms with Crippen LogP contribution >= 0.6 is 11.6 Å². The molecule has 0 saturated carbocycles. The second kappa shape index (κ2) is 9.02. The third-order valence-corrected chi connectivity index (χ3v) is 4.81. The summed E-state index contributed by atoms with van der Waals surface area (Å²) in [5.74, 6) is 0. The van der Waals surface area contributed by atoms with Crippen LogP contribution in [0.4, 0.5) is 5.69 Å². The third kappa shape index (κ3) is 5.20. The standard InChI is InChI=1S/C22H26ClN3/c1-17(7-6-14-26(2)16-18-8-4-3-5-9-18)25-21-12-13-24-22-15-19(23)10-11-20(21)22/h3-5,8-13,15,17H,6-7,14,16H2,1-2H3,(H,24,25)/t17-/m0/s1. The molecule has 0 aliphatic rings. The van der Waals surface area contributed by atoms with Gasteiger partial charge in [0.25, 0.3) is 0 Å². The zero-order chi connectivity index (χ0) is 18.4. The van der Waals surface area contributed by atoms with E-state index in [2.05, 4.69) is 59.5 Å². The molecule has 0 aliphatic heterocycles. The lowest BCUT2D eigenvalue weighted by molar-refractivity contribution is 0.316. The fraction of sp³-hybridized carbons (Fsp3) is 0.318. The van der Waals surface area contributed by atoms with Gasteiger partial charge in [-0.2, -0.15) is 0 Å². The number of hydrogen-bond donors (Lipinski definition) is 1. The van der Waals surface area contributed by atoms with E-state index in [9.17, 15) is 0 Å². The van der Waals surface area contributed by atoms with Gasteiger partial charge in [0.15, 0.2) is 0 Å². The van der Waals surface area contributed by atoms with Gasteiger partial charge in [0.05, 0.1) is 5.52 Å². The molecule has 4 heteroatoms. The van der Waals surface area contributed by atoms with Gasteiger partial charge in [-0.1, -0.05) is 41.9 Å². The van der Waals surface area contributed by atoms with Crippen molar-refractivity contribution in [2.24, 2.45) is 0 Å². The zero-order valence-electron chi connectivity index (χ0n) is 15.5. The molecule has 3 rings (SSSR count). The van der Waals surface area contributed by atoms with Crippen LogP contribution in [-0.2, 0) is 6.54 Å². The van der Waals surface area contributed by atoms with Crippen LogP contribution in [0, 0.1) is 0 Å². The van der Waals surface area contributed by atoms with Gasteiger partial charge in [-0.25, -0.2) is 0 Å². The second-order valence-corrected chi connectivity index (χ2v) is 7.37. The molecule has 0 aliphatic carbocycles. The van der Waals surface area contributed by atoms with E-state index in [1.54, 1.807) is 0 Å². The summed E-state index contributed by atoms with van der Waals surface area (Å²) in [4.78, 5) is 6.78. The van der Waals surface area contributed by atoms with Gasteiger partial charge in [-0.3, -0.25) is 4.98 Å². The Labute approximate surface area is 161 Å². The molecule has 1 heterocycles. The van der Waals surface area contributed by atoms with Crippen LogP contribution in [0.3, 0.4) is 0 Å². The van der Waals surface area contributed by atoms with Crippen LogP contribution < -0.4 is 5.32 Å². The van der Waals surface area contributed by atoms with Crippen molar-refractivity contribution in [2.75, 3.05) is 18.9 Å². The van der Waals surface area contributed by atoms with E-state index in [1.807, 2.05) is 30.5 Å². The summed E-state index contributed by atoms with van der Waals surface area (Å²) >= 11 is 6.07. The van der Waals surface area contributed by atoms with Crippen molar-refractivity contribution in [1.29, 1.82) is 0 Å². The van der Waals surface area contributed by atoms with E-state index in [4.69, 9.17) is 11.6 Å². The number of hydrogen-bond acceptors (Lipinski definition) is 3. The van der Waals surface area contributed by atoms with Crippen molar-refractivity contribution >= 4 is 28.2 Å². The number of pyridine rings is 1. The van der Waals surface area contributed by atoms with Crippen molar-refractivity contribution in [3.05, 3.63) is 71.4 Å². The third-order valence-electron chi connectivity index (χ3n) is 4.58. The molecule has 3 nitrogen and oxygen atoms in total. The summed E-state index contributed by atoms with van der Waals surface area (Å²) < 4.78 is 0. The maximum atomic E-state index is 6.07. The lowest BCUT2D eigenvalue weighted by Crippen LogP contribution is -2.22. The molecule has 1 aromatic heterocycles. The Morgan fingerprint density at radius 1 is 1.12 bits per heavy atom. The number of nitrogens with zero attached hydrogens (tertiary/aromatic N) is 2. The van der Waals surface area contributed by atoms with Gasteiger partial charge in [-0.05, 0) is 63.2 Å². The fourth-order valence-electron chi connectivity index (χ4n) is 3.23. The Hall–Kier alpha value is -2.10. The highest BCUT2D eigenvalue weighted by Crippen LogP contribution is 2.25. The van der Waals surface area contributed by atoms with E-state index in [0.717, 1.165) is 47.5 Å². The molecule has 1 atom stereocenters. The highest BCUT2D eigenvalue weighted by molar-refractivity contribution is 6.31. The van der Waals surface area contributed by atoms with E-state index >= 15 is 0 Å². The Balaban J connectivity index is 1.49. The van der Waals surface area contributed by atoms with Gasteiger partial charge in [-0.15, -0.1) is 0 Å². The molecule has 26 heavy (non-hydrogen) atoms. The highest BCUT2D eigenvalue weighted by Gasteiger charge is 2.07. The first-order valence-corrected chi connectivity index (χ1v) is 9.53. The lowest BCUT2D eigenvalue weighted by Gasteiger charge is -2.20. The molecule has 136 valence electrons. The average molecular weight is 368 g/mol. The van der Waals surface area contributed by atoms with Crippen molar-refractivity contribution in [3.63, 3.8) is 0 Å². The minimum atomic E-state index is 0.404. The van der Waals surface area contributed by atoms with Crippen LogP contribution in [0.15, 0.2) is 60.8 Å². The largest absolute Gasteiger partial charge is 0.382 e. The van der Waals surface area contributed by atoms with E-state index in [-0.39, 0.29) is 0 Å². The smallest absolute Gasteiger partial charge is 0.0737 e. The van der Waals surface area contributed by atoms with Crippen LogP contribution in [0.5, 0.6) is 0 Å². The minimum Gasteiger partial charge on any atom is -0.382 e. The van der Waals surface area contributed by atoms with Gasteiger partial charge in [0, 0.05) is 34.9 Å². The molecule has 0 saturated heterocycles. The number of benzene rings is 2. The van der Waals surface area contributed by atoms with Crippen LogP contribution in [0.2, 0.25) is 5.02 Å². The summed E-state index contributed by atoms with van der Waals surface area (Å²) in [5, 5.41) is 5.46. The number of fused-ring (bicyclic) bond motifs is 1. The van der Waals surface area contributed by atoms with Crippen LogP contribution in [-0.4, -0.2) is 29.5 Å². The summed E-state index contributed by atoms with van der Waals surface area (Å²) in [7, 11) is 2.19. The maximum absolute atomic E-state index is 6.07. The first-order chi connectivity index (χ1) is 12.6. The molecule has 1 N–H and O–H groups in total. The van der Waals surface area contributed by atoms with Gasteiger partial charge in [0.1, 0.15) is 0 Å². The number of anilines is 1. The topological polar surface area (TPSA) is 28.2 Å².